The number of aliphatic carboxylic acids is 1. The average Bonchev–Trinajstić information content (AvgIpc) is 2.58. The van der Waals surface area contributed by atoms with Gasteiger partial charge in [0, 0.05) is 11.5 Å². The topological polar surface area (TPSA) is 66.4 Å². The van der Waals surface area contributed by atoms with Gasteiger partial charge in [0.1, 0.15) is 0 Å². The van der Waals surface area contributed by atoms with E-state index in [2.05, 4.69) is 5.32 Å². The first kappa shape index (κ1) is 17.4. The third kappa shape index (κ3) is 6.38. The molecule has 120 valence electrons. The fourth-order valence-corrected chi connectivity index (χ4v) is 3.45. The molecular formula is C17H17NO3S2. The summed E-state index contributed by atoms with van der Waals surface area (Å²) in [5.41, 5.74) is 2.05. The number of amides is 1. The third-order valence-corrected chi connectivity index (χ3v) is 4.96. The molecule has 0 fully saturated rings. The van der Waals surface area contributed by atoms with Crippen molar-refractivity contribution in [1.82, 2.24) is 5.32 Å². The quantitative estimate of drug-likeness (QED) is 0.742. The molecule has 6 heteroatoms. The van der Waals surface area contributed by atoms with Crippen molar-refractivity contribution in [1.29, 1.82) is 0 Å². The first-order valence-corrected chi connectivity index (χ1v) is 9.04. The maximum Gasteiger partial charge on any atom is 0.336 e. The van der Waals surface area contributed by atoms with Crippen LogP contribution in [0.5, 0.6) is 0 Å². The largest absolute Gasteiger partial charge is 0.479 e. The number of benzene rings is 2. The highest BCUT2D eigenvalue weighted by molar-refractivity contribution is 8.13. The fraction of sp³-hybridized carbons (Fsp3) is 0.176. The van der Waals surface area contributed by atoms with Crippen LogP contribution in [0.25, 0.3) is 0 Å². The van der Waals surface area contributed by atoms with Gasteiger partial charge in [-0.15, -0.1) is 11.8 Å². The van der Waals surface area contributed by atoms with Gasteiger partial charge in [-0.1, -0.05) is 72.4 Å². The lowest BCUT2D eigenvalue weighted by Gasteiger charge is -2.13. The summed E-state index contributed by atoms with van der Waals surface area (Å²) in [6, 6.07) is 19.2. The molecule has 23 heavy (non-hydrogen) atoms. The molecule has 0 aliphatic heterocycles. The Kier molecular flexibility index (Phi) is 7.03. The molecule has 4 nitrogen and oxygen atoms in total. The number of nitrogens with one attached hydrogen (secondary N) is 1. The molecular weight excluding hydrogens is 330 g/mol. The van der Waals surface area contributed by atoms with Crippen molar-refractivity contribution in [2.45, 2.75) is 16.9 Å². The molecule has 0 aliphatic carbocycles. The summed E-state index contributed by atoms with van der Waals surface area (Å²) in [4.78, 5) is 23.2. The van der Waals surface area contributed by atoms with E-state index in [1.807, 2.05) is 60.7 Å². The van der Waals surface area contributed by atoms with Crippen LogP contribution >= 0.6 is 23.5 Å². The average molecular weight is 347 g/mol. The lowest BCUT2D eigenvalue weighted by atomic mass is 10.2. The predicted molar refractivity (Wildman–Crippen MR) is 95.4 cm³/mol. The normalized spacial score (nSPS) is 11.7. The van der Waals surface area contributed by atoms with Gasteiger partial charge >= 0.3 is 5.97 Å². The standard InChI is InChI=1S/C17H17NO3S2/c19-16(20)15(22-11-13-7-3-1-4-8-13)18-17(21)23-12-14-9-5-2-6-10-14/h1-10,15H,11-12H2,(H,18,21)(H,19,20). The fourth-order valence-electron chi connectivity index (χ4n) is 1.80. The minimum absolute atomic E-state index is 0.332. The molecule has 0 radical (unpaired) electrons. The Bertz CT molecular complexity index is 635. The van der Waals surface area contributed by atoms with Crippen LogP contribution in [0.3, 0.4) is 0 Å². The highest BCUT2D eigenvalue weighted by Gasteiger charge is 2.20. The van der Waals surface area contributed by atoms with Crippen LogP contribution in [-0.4, -0.2) is 21.7 Å². The Labute approximate surface area is 143 Å². The molecule has 1 unspecified atom stereocenters. The highest BCUT2D eigenvalue weighted by Crippen LogP contribution is 2.19. The first-order chi connectivity index (χ1) is 11.1. The second-order valence-corrected chi connectivity index (χ2v) is 6.76. The Morgan fingerprint density at radius 1 is 0.913 bits per heavy atom. The summed E-state index contributed by atoms with van der Waals surface area (Å²) in [5, 5.41) is 10.5. The summed E-state index contributed by atoms with van der Waals surface area (Å²) in [5.74, 6) is 0.00340. The van der Waals surface area contributed by atoms with Crippen molar-refractivity contribution in [3.8, 4) is 0 Å². The van der Waals surface area contributed by atoms with Gasteiger partial charge in [0.2, 0.25) is 0 Å². The van der Waals surface area contributed by atoms with Gasteiger partial charge in [0.15, 0.2) is 5.37 Å². The van der Waals surface area contributed by atoms with Crippen LogP contribution in [0.2, 0.25) is 0 Å². The zero-order valence-corrected chi connectivity index (χ0v) is 14.0. The van der Waals surface area contributed by atoms with E-state index in [1.165, 1.54) is 11.8 Å². The highest BCUT2D eigenvalue weighted by atomic mass is 32.2. The maximum atomic E-state index is 11.9. The lowest BCUT2D eigenvalue weighted by molar-refractivity contribution is -0.136. The van der Waals surface area contributed by atoms with Crippen molar-refractivity contribution >= 4 is 34.7 Å². The molecule has 0 saturated carbocycles. The zero-order chi connectivity index (χ0) is 16.5. The van der Waals surface area contributed by atoms with Gasteiger partial charge in [-0.2, -0.15) is 0 Å². The van der Waals surface area contributed by atoms with Gasteiger partial charge in [-0.3, -0.25) is 4.79 Å². The number of carboxylic acid groups (broad SMARTS) is 1. The summed E-state index contributed by atoms with van der Waals surface area (Å²) in [6.07, 6.45) is 0. The van der Waals surface area contributed by atoms with Crippen molar-refractivity contribution in [3.05, 3.63) is 71.8 Å². The van der Waals surface area contributed by atoms with Crippen LogP contribution in [-0.2, 0) is 16.3 Å². The maximum absolute atomic E-state index is 11.9. The van der Waals surface area contributed by atoms with E-state index in [0.717, 1.165) is 22.9 Å². The molecule has 0 aromatic heterocycles. The summed E-state index contributed by atoms with van der Waals surface area (Å²) in [6.45, 7) is 0. The van der Waals surface area contributed by atoms with E-state index in [4.69, 9.17) is 0 Å². The number of thioether (sulfide) groups is 2. The number of hydrogen-bond donors (Lipinski definition) is 2. The van der Waals surface area contributed by atoms with E-state index < -0.39 is 11.3 Å². The van der Waals surface area contributed by atoms with Crippen molar-refractivity contribution in [2.24, 2.45) is 0 Å². The molecule has 1 amide bonds. The lowest BCUT2D eigenvalue weighted by Crippen LogP contribution is -2.36. The van der Waals surface area contributed by atoms with E-state index in [9.17, 15) is 14.7 Å². The molecule has 0 spiro atoms. The van der Waals surface area contributed by atoms with Crippen LogP contribution in [0.15, 0.2) is 60.7 Å². The number of rotatable bonds is 7. The molecule has 0 saturated heterocycles. The molecule has 2 N–H and O–H groups in total. The van der Waals surface area contributed by atoms with Crippen LogP contribution < -0.4 is 5.32 Å². The molecule has 2 aromatic rings. The van der Waals surface area contributed by atoms with E-state index in [1.54, 1.807) is 0 Å². The molecule has 2 aromatic carbocycles. The van der Waals surface area contributed by atoms with E-state index >= 15 is 0 Å². The first-order valence-electron chi connectivity index (χ1n) is 7.00. The zero-order valence-electron chi connectivity index (χ0n) is 12.3. The van der Waals surface area contributed by atoms with E-state index in [-0.39, 0.29) is 5.24 Å². The minimum atomic E-state index is -1.04. The monoisotopic (exact) mass is 347 g/mol. The van der Waals surface area contributed by atoms with Gasteiger partial charge in [-0.25, -0.2) is 4.79 Å². The van der Waals surface area contributed by atoms with Crippen molar-refractivity contribution < 1.29 is 14.7 Å². The van der Waals surface area contributed by atoms with Gasteiger partial charge in [0.25, 0.3) is 5.24 Å². The van der Waals surface area contributed by atoms with Crippen LogP contribution in [0.4, 0.5) is 4.79 Å². The SMILES string of the molecule is O=C(NC(SCc1ccccc1)C(=O)O)SCc1ccccc1. The molecule has 0 aliphatic rings. The van der Waals surface area contributed by atoms with Gasteiger partial charge in [0.05, 0.1) is 0 Å². The molecule has 0 bridgehead atoms. The summed E-state index contributed by atoms with van der Waals surface area (Å²) < 4.78 is 0. The van der Waals surface area contributed by atoms with Crippen LogP contribution in [0.1, 0.15) is 11.1 Å². The molecule has 0 heterocycles. The smallest absolute Gasteiger partial charge is 0.336 e. The molecule has 1 atom stereocenters. The predicted octanol–water partition coefficient (Wildman–Crippen LogP) is 3.97. The van der Waals surface area contributed by atoms with Crippen LogP contribution in [0, 0.1) is 0 Å². The van der Waals surface area contributed by atoms with E-state index in [0.29, 0.717) is 11.5 Å². The van der Waals surface area contributed by atoms with Gasteiger partial charge in [-0.05, 0) is 11.1 Å². The number of carboxylic acids is 1. The third-order valence-electron chi connectivity index (χ3n) is 2.95. The number of hydrogen-bond acceptors (Lipinski definition) is 4. The summed E-state index contributed by atoms with van der Waals surface area (Å²) >= 11 is 2.26. The molecule has 2 rings (SSSR count). The Hall–Kier alpha value is -1.92. The Balaban J connectivity index is 1.81. The summed E-state index contributed by atoms with van der Waals surface area (Å²) in [7, 11) is 0. The second-order valence-electron chi connectivity index (χ2n) is 4.72. The minimum Gasteiger partial charge on any atom is -0.479 e. The Morgan fingerprint density at radius 2 is 1.43 bits per heavy atom. The van der Waals surface area contributed by atoms with Gasteiger partial charge < -0.3 is 10.4 Å². The van der Waals surface area contributed by atoms with Crippen molar-refractivity contribution in [2.75, 3.05) is 0 Å². The number of carbonyl (C=O) groups excluding carboxylic acids is 1. The number of carbonyl (C=O) groups is 2. The van der Waals surface area contributed by atoms with Crippen molar-refractivity contribution in [3.63, 3.8) is 0 Å². The second kappa shape index (κ2) is 9.27. The Morgan fingerprint density at radius 3 is 1.96 bits per heavy atom.